The van der Waals surface area contributed by atoms with Gasteiger partial charge in [-0.25, -0.2) is 27.3 Å². The van der Waals surface area contributed by atoms with E-state index in [0.717, 1.165) is 11.6 Å². The quantitative estimate of drug-likeness (QED) is 0.0472. The Hall–Kier alpha value is -5.92. The number of carboxylic acids is 1. The molecule has 57 heavy (non-hydrogen) atoms. The van der Waals surface area contributed by atoms with Crippen molar-refractivity contribution >= 4 is 47.3 Å². The first-order valence-corrected chi connectivity index (χ1v) is 22.7. The van der Waals surface area contributed by atoms with Gasteiger partial charge in [0.05, 0.1) is 17.4 Å². The summed E-state index contributed by atoms with van der Waals surface area (Å²) in [6, 6.07) is 19.4. The van der Waals surface area contributed by atoms with E-state index < -0.39 is 47.7 Å². The van der Waals surface area contributed by atoms with Crippen molar-refractivity contribution < 1.29 is 50.5 Å². The van der Waals surface area contributed by atoms with Crippen molar-refractivity contribution in [3.05, 3.63) is 113 Å². The molecular formula is C38H41F3N6O8SSi. The van der Waals surface area contributed by atoms with Crippen LogP contribution >= 0.6 is 0 Å². The van der Waals surface area contributed by atoms with E-state index in [0.29, 0.717) is 17.9 Å². The van der Waals surface area contributed by atoms with Crippen molar-refractivity contribution in [2.75, 3.05) is 16.6 Å². The number of aromatic carboxylic acids is 1. The van der Waals surface area contributed by atoms with Crippen molar-refractivity contribution in [1.82, 2.24) is 14.8 Å². The fourth-order valence-electron chi connectivity index (χ4n) is 5.26. The third kappa shape index (κ3) is 11.3. The first-order valence-electron chi connectivity index (χ1n) is 17.4. The molecule has 0 saturated heterocycles. The zero-order valence-electron chi connectivity index (χ0n) is 31.3. The Morgan fingerprint density at radius 3 is 2.30 bits per heavy atom. The summed E-state index contributed by atoms with van der Waals surface area (Å²) in [5, 5.41) is 16.9. The molecule has 5 rings (SSSR count). The monoisotopic (exact) mass is 826 g/mol. The van der Waals surface area contributed by atoms with Crippen LogP contribution in [0.1, 0.15) is 44.9 Å². The number of alkyl halides is 2. The second kappa shape index (κ2) is 17.9. The van der Waals surface area contributed by atoms with Crippen LogP contribution in [0, 0.1) is 5.82 Å². The minimum absolute atomic E-state index is 0.0234. The predicted molar refractivity (Wildman–Crippen MR) is 210 cm³/mol. The molecule has 5 N–H and O–H groups in total. The minimum Gasteiger partial charge on any atom is -0.487 e. The number of hydrogen-bond acceptors (Lipinski definition) is 10. The fraction of sp³-hybridized carbons (Fsp3) is 0.263. The van der Waals surface area contributed by atoms with Gasteiger partial charge in [0.15, 0.2) is 0 Å². The summed E-state index contributed by atoms with van der Waals surface area (Å²) in [7, 11) is -6.61. The molecular weight excluding hydrogens is 786 g/mol. The van der Waals surface area contributed by atoms with Gasteiger partial charge in [0.1, 0.15) is 59.7 Å². The van der Waals surface area contributed by atoms with Gasteiger partial charge >= 0.3 is 11.7 Å². The van der Waals surface area contributed by atoms with E-state index in [4.69, 9.17) is 25.1 Å². The molecule has 3 aromatic carbocycles. The van der Waals surface area contributed by atoms with Gasteiger partial charge in [0.25, 0.3) is 15.9 Å². The van der Waals surface area contributed by atoms with E-state index in [1.54, 1.807) is 31.2 Å². The van der Waals surface area contributed by atoms with E-state index in [1.807, 2.05) is 4.72 Å². The summed E-state index contributed by atoms with van der Waals surface area (Å²) in [6.45, 7) is 8.59. The number of nitrogens with zero attached hydrogens (tertiary/aromatic N) is 3. The molecule has 0 spiro atoms. The van der Waals surface area contributed by atoms with Gasteiger partial charge in [-0.15, -0.1) is 0 Å². The maximum atomic E-state index is 13.6. The number of sulfonamides is 1. The lowest BCUT2D eigenvalue weighted by Crippen LogP contribution is -2.22. The van der Waals surface area contributed by atoms with Crippen LogP contribution in [0.4, 0.5) is 30.5 Å². The number of aromatic nitrogens is 3. The molecule has 0 saturated carbocycles. The molecule has 5 aromatic rings. The van der Waals surface area contributed by atoms with Gasteiger partial charge in [0.2, 0.25) is 0 Å². The summed E-state index contributed by atoms with van der Waals surface area (Å²) < 4.78 is 86.0. The number of primary amides is 1. The third-order valence-electron chi connectivity index (χ3n) is 8.38. The Morgan fingerprint density at radius 2 is 1.70 bits per heavy atom. The van der Waals surface area contributed by atoms with Crippen LogP contribution in [0.5, 0.6) is 11.5 Å². The van der Waals surface area contributed by atoms with Gasteiger partial charge < -0.3 is 30.4 Å². The predicted octanol–water partition coefficient (Wildman–Crippen LogP) is 7.62. The normalized spacial score (nSPS) is 12.3. The molecule has 1 unspecified atom stereocenters. The van der Waals surface area contributed by atoms with E-state index in [1.165, 1.54) is 65.5 Å². The van der Waals surface area contributed by atoms with Gasteiger partial charge in [-0.3, -0.25) is 9.52 Å². The van der Waals surface area contributed by atoms with E-state index in [9.17, 15) is 31.2 Å². The zero-order valence-corrected chi connectivity index (χ0v) is 33.1. The molecule has 1 amide bonds. The highest BCUT2D eigenvalue weighted by Crippen LogP contribution is 2.38. The van der Waals surface area contributed by atoms with E-state index >= 15 is 0 Å². The van der Waals surface area contributed by atoms with Gasteiger partial charge in [-0.1, -0.05) is 50.0 Å². The highest BCUT2D eigenvalue weighted by molar-refractivity contribution is 7.93. The molecule has 0 aliphatic rings. The highest BCUT2D eigenvalue weighted by atomic mass is 32.2. The van der Waals surface area contributed by atoms with E-state index in [2.05, 4.69) is 35.0 Å². The molecule has 302 valence electrons. The number of nitrogens with two attached hydrogens (primary N) is 1. The topological polar surface area (TPSA) is 197 Å². The van der Waals surface area contributed by atoms with Crippen LogP contribution in [-0.4, -0.2) is 60.6 Å². The van der Waals surface area contributed by atoms with Gasteiger partial charge in [0, 0.05) is 20.2 Å². The SMILES string of the molecule is CC(Oc1cc(-c2nn(COCC[Si](C)(C)C)c(Nc3ccc(OCc4ccc(C(=O)O)cc4)cn3)c2C(N)=O)ccc1NS(=O)(=O)C(F)F)c1ccc(F)cc1. The number of anilines is 3. The van der Waals surface area contributed by atoms with Crippen LogP contribution in [0.25, 0.3) is 11.3 Å². The standard InChI is InChI=1S/C38H41F3N6O8SSi/c1-23(25-9-12-28(39)13-10-25)55-31-19-27(11-15-30(31)46-56(51,52)38(40)41)34-33(35(42)48)36(47(45-34)22-53-17-18-57(2,3)4)44-32-16-14-29(20-43-32)54-21-24-5-7-26(8-6-24)37(49)50/h5-16,19-20,23,38,46H,17-18,21-22H2,1-4H3,(H2,42,48)(H,43,44)(H,49,50). The number of amides is 1. The number of carboxylic acid groups (broad SMARTS) is 1. The van der Waals surface area contributed by atoms with Gasteiger partial charge in [-0.2, -0.15) is 13.9 Å². The summed E-state index contributed by atoms with van der Waals surface area (Å²) in [5.41, 5.74) is 7.11. The largest absolute Gasteiger partial charge is 0.487 e. The Kier molecular flexibility index (Phi) is 13.3. The Balaban J connectivity index is 1.50. The maximum Gasteiger partial charge on any atom is 0.355 e. The summed E-state index contributed by atoms with van der Waals surface area (Å²) in [4.78, 5) is 28.8. The first-order chi connectivity index (χ1) is 26.9. The highest BCUT2D eigenvalue weighted by Gasteiger charge is 2.28. The molecule has 0 fully saturated rings. The molecule has 0 aliphatic heterocycles. The van der Waals surface area contributed by atoms with Crippen LogP contribution < -0.4 is 25.2 Å². The number of carbonyl (C=O) groups excluding carboxylic acids is 1. The second-order valence-corrected chi connectivity index (χ2v) is 21.3. The molecule has 0 bridgehead atoms. The lowest BCUT2D eigenvalue weighted by Gasteiger charge is -2.19. The average molecular weight is 827 g/mol. The van der Waals surface area contributed by atoms with Crippen molar-refractivity contribution in [1.29, 1.82) is 0 Å². The number of benzene rings is 3. The van der Waals surface area contributed by atoms with Crippen LogP contribution in [0.15, 0.2) is 85.1 Å². The number of pyridine rings is 1. The summed E-state index contributed by atoms with van der Waals surface area (Å²) >= 11 is 0. The van der Waals surface area contributed by atoms with E-state index in [-0.39, 0.29) is 58.8 Å². The van der Waals surface area contributed by atoms with Gasteiger partial charge in [-0.05, 0) is 72.6 Å². The average Bonchev–Trinajstić information content (AvgIpc) is 3.51. The summed E-state index contributed by atoms with van der Waals surface area (Å²) in [6.07, 6.45) is 0.617. The minimum atomic E-state index is -5.13. The maximum absolute atomic E-state index is 13.6. The first kappa shape index (κ1) is 42.2. The fourth-order valence-corrected chi connectivity index (χ4v) is 6.58. The summed E-state index contributed by atoms with van der Waals surface area (Å²) in [5.74, 6) is -5.63. The Bertz CT molecular complexity index is 2310. The number of hydrogen-bond donors (Lipinski definition) is 4. The lowest BCUT2D eigenvalue weighted by molar-refractivity contribution is 0.0696. The molecule has 2 aromatic heterocycles. The Morgan fingerprint density at radius 1 is 1.00 bits per heavy atom. The molecule has 14 nitrogen and oxygen atoms in total. The van der Waals surface area contributed by atoms with Crippen LogP contribution in [0.3, 0.4) is 0 Å². The number of rotatable bonds is 19. The Labute approximate surface area is 327 Å². The smallest absolute Gasteiger partial charge is 0.355 e. The van der Waals surface area contributed by atoms with Crippen molar-refractivity contribution in [3.8, 4) is 22.8 Å². The van der Waals surface area contributed by atoms with Crippen LogP contribution in [-0.2, 0) is 28.1 Å². The zero-order chi connectivity index (χ0) is 41.5. The lowest BCUT2D eigenvalue weighted by atomic mass is 10.1. The van der Waals surface area contributed by atoms with Crippen molar-refractivity contribution in [3.63, 3.8) is 0 Å². The number of halogens is 3. The number of carbonyl (C=O) groups is 2. The molecule has 0 aliphatic carbocycles. The second-order valence-electron chi connectivity index (χ2n) is 14.0. The van der Waals surface area contributed by atoms with Crippen molar-refractivity contribution in [2.45, 2.75) is 57.8 Å². The third-order valence-corrected chi connectivity index (χ3v) is 11.1. The number of ether oxygens (including phenoxy) is 3. The number of nitrogens with one attached hydrogen (secondary N) is 2. The molecule has 1 atom stereocenters. The molecule has 0 radical (unpaired) electrons. The molecule has 2 heterocycles. The van der Waals surface area contributed by atoms with Crippen molar-refractivity contribution in [2.24, 2.45) is 5.73 Å². The van der Waals surface area contributed by atoms with Crippen LogP contribution in [0.2, 0.25) is 25.7 Å². The molecule has 19 heteroatoms.